The zero-order valence-electron chi connectivity index (χ0n) is 9.08. The molecule has 0 aliphatic carbocycles. The van der Waals surface area contributed by atoms with Crippen molar-refractivity contribution >= 4 is 33.0 Å². The smallest absolute Gasteiger partial charge is 0.203 e. The van der Waals surface area contributed by atoms with Crippen LogP contribution in [0.2, 0.25) is 0 Å². The summed E-state index contributed by atoms with van der Waals surface area (Å²) >= 11 is 4.84. The lowest BCUT2D eigenvalue weighted by atomic mass is 9.99. The van der Waals surface area contributed by atoms with Gasteiger partial charge in [-0.25, -0.2) is 0 Å². The Morgan fingerprint density at radius 2 is 1.94 bits per heavy atom. The Morgan fingerprint density at radius 3 is 2.56 bits per heavy atom. The van der Waals surface area contributed by atoms with Gasteiger partial charge in [-0.3, -0.25) is 4.79 Å². The number of hydrogen-bond donors (Lipinski definition) is 0. The quantitative estimate of drug-likeness (QED) is 0.752. The first-order chi connectivity index (χ1) is 7.59. The van der Waals surface area contributed by atoms with E-state index in [0.29, 0.717) is 0 Å². The van der Waals surface area contributed by atoms with Crippen LogP contribution in [0.4, 0.5) is 0 Å². The Hall–Kier alpha value is -0.930. The summed E-state index contributed by atoms with van der Waals surface area (Å²) in [6, 6.07) is 9.61. The van der Waals surface area contributed by atoms with Crippen LogP contribution >= 0.6 is 27.3 Å². The maximum atomic E-state index is 12.2. The van der Waals surface area contributed by atoms with Gasteiger partial charge in [0, 0.05) is 5.56 Å². The van der Waals surface area contributed by atoms with Gasteiger partial charge in [0.15, 0.2) is 0 Å². The van der Waals surface area contributed by atoms with Gasteiger partial charge in [-0.15, -0.1) is 11.3 Å². The minimum atomic E-state index is 0.108. The summed E-state index contributed by atoms with van der Waals surface area (Å²) in [5, 5.41) is 0. The van der Waals surface area contributed by atoms with Crippen LogP contribution in [0.5, 0.6) is 0 Å². The minimum absolute atomic E-state index is 0.108. The molecule has 0 aliphatic rings. The van der Waals surface area contributed by atoms with Crippen LogP contribution in [0.25, 0.3) is 0 Å². The average molecular weight is 295 g/mol. The van der Waals surface area contributed by atoms with E-state index in [1.165, 1.54) is 11.3 Å². The molecule has 0 saturated heterocycles. The SMILES string of the molecule is Cc1cccc(C(=O)c2ccc(Br)s2)c1C. The number of aryl methyl sites for hydroxylation is 1. The molecule has 82 valence electrons. The van der Waals surface area contributed by atoms with Gasteiger partial charge in [0.2, 0.25) is 5.78 Å². The first-order valence-corrected chi connectivity index (χ1v) is 6.57. The molecule has 0 radical (unpaired) electrons. The Bertz CT molecular complexity index is 543. The Morgan fingerprint density at radius 1 is 1.19 bits per heavy atom. The van der Waals surface area contributed by atoms with Crippen LogP contribution in [0.15, 0.2) is 34.1 Å². The third-order valence-electron chi connectivity index (χ3n) is 2.65. The van der Waals surface area contributed by atoms with E-state index < -0.39 is 0 Å². The lowest BCUT2D eigenvalue weighted by Gasteiger charge is -2.05. The summed E-state index contributed by atoms with van der Waals surface area (Å²) in [6.07, 6.45) is 0. The molecule has 0 unspecified atom stereocenters. The van der Waals surface area contributed by atoms with Crippen molar-refractivity contribution in [2.75, 3.05) is 0 Å². The predicted octanol–water partition coefficient (Wildman–Crippen LogP) is 4.36. The third-order valence-corrected chi connectivity index (χ3v) is 4.27. The van der Waals surface area contributed by atoms with Gasteiger partial charge in [0.1, 0.15) is 0 Å². The Labute approximate surface area is 107 Å². The van der Waals surface area contributed by atoms with Gasteiger partial charge in [0.05, 0.1) is 8.66 Å². The number of benzene rings is 1. The standard InChI is InChI=1S/C13H11BrOS/c1-8-4-3-5-10(9(8)2)13(15)11-6-7-12(14)16-11/h3-7H,1-2H3. The molecule has 16 heavy (non-hydrogen) atoms. The molecule has 1 nitrogen and oxygen atoms in total. The average Bonchev–Trinajstić information content (AvgIpc) is 2.68. The summed E-state index contributed by atoms with van der Waals surface area (Å²) in [5.41, 5.74) is 3.02. The van der Waals surface area contributed by atoms with Crippen molar-refractivity contribution in [3.63, 3.8) is 0 Å². The fourth-order valence-electron chi connectivity index (χ4n) is 1.57. The lowest BCUT2D eigenvalue weighted by Crippen LogP contribution is -2.02. The molecule has 0 bridgehead atoms. The summed E-state index contributed by atoms with van der Waals surface area (Å²) in [5.74, 6) is 0.108. The molecule has 0 atom stereocenters. The van der Waals surface area contributed by atoms with Crippen LogP contribution in [-0.4, -0.2) is 5.78 Å². The van der Waals surface area contributed by atoms with Crippen molar-refractivity contribution in [1.82, 2.24) is 0 Å². The van der Waals surface area contributed by atoms with Gasteiger partial charge >= 0.3 is 0 Å². The second-order valence-electron chi connectivity index (χ2n) is 3.68. The maximum Gasteiger partial charge on any atom is 0.203 e. The number of thiophene rings is 1. The zero-order chi connectivity index (χ0) is 11.7. The number of carbonyl (C=O) groups excluding carboxylic acids is 1. The summed E-state index contributed by atoms with van der Waals surface area (Å²) in [6.45, 7) is 4.02. The number of rotatable bonds is 2. The van der Waals surface area contributed by atoms with Gasteiger partial charge in [-0.05, 0) is 53.0 Å². The molecule has 0 spiro atoms. The van der Waals surface area contributed by atoms with Crippen LogP contribution in [-0.2, 0) is 0 Å². The fraction of sp³-hybridized carbons (Fsp3) is 0.154. The van der Waals surface area contributed by atoms with E-state index in [2.05, 4.69) is 15.9 Å². The van der Waals surface area contributed by atoms with Crippen molar-refractivity contribution in [1.29, 1.82) is 0 Å². The molecule has 0 aliphatic heterocycles. The number of halogens is 1. The molecule has 2 aromatic rings. The Kier molecular flexibility index (Phi) is 3.26. The highest BCUT2D eigenvalue weighted by Crippen LogP contribution is 2.25. The highest BCUT2D eigenvalue weighted by atomic mass is 79.9. The predicted molar refractivity (Wildman–Crippen MR) is 71.4 cm³/mol. The molecule has 0 fully saturated rings. The topological polar surface area (TPSA) is 17.1 Å². The van der Waals surface area contributed by atoms with Crippen molar-refractivity contribution in [2.24, 2.45) is 0 Å². The molecule has 3 heteroatoms. The minimum Gasteiger partial charge on any atom is -0.288 e. The van der Waals surface area contributed by atoms with Gasteiger partial charge < -0.3 is 0 Å². The van der Waals surface area contributed by atoms with E-state index >= 15 is 0 Å². The van der Waals surface area contributed by atoms with Crippen molar-refractivity contribution in [2.45, 2.75) is 13.8 Å². The molecular formula is C13H11BrOS. The van der Waals surface area contributed by atoms with E-state index in [-0.39, 0.29) is 5.78 Å². The van der Waals surface area contributed by atoms with Gasteiger partial charge in [-0.2, -0.15) is 0 Å². The first kappa shape index (κ1) is 11.6. The monoisotopic (exact) mass is 294 g/mol. The van der Waals surface area contributed by atoms with Crippen LogP contribution in [0.1, 0.15) is 26.4 Å². The fourth-order valence-corrected chi connectivity index (χ4v) is 2.91. The van der Waals surface area contributed by atoms with Gasteiger partial charge in [-0.1, -0.05) is 18.2 Å². The van der Waals surface area contributed by atoms with Crippen molar-refractivity contribution in [3.05, 3.63) is 55.7 Å². The highest BCUT2D eigenvalue weighted by Gasteiger charge is 2.14. The van der Waals surface area contributed by atoms with E-state index in [9.17, 15) is 4.79 Å². The maximum absolute atomic E-state index is 12.2. The largest absolute Gasteiger partial charge is 0.288 e. The first-order valence-electron chi connectivity index (χ1n) is 4.96. The summed E-state index contributed by atoms with van der Waals surface area (Å²) in [4.78, 5) is 13.0. The number of hydrogen-bond acceptors (Lipinski definition) is 2. The molecule has 0 amide bonds. The van der Waals surface area contributed by atoms with Crippen LogP contribution < -0.4 is 0 Å². The van der Waals surface area contributed by atoms with E-state index in [1.807, 2.05) is 44.2 Å². The second-order valence-corrected chi connectivity index (χ2v) is 6.14. The van der Waals surface area contributed by atoms with E-state index in [1.54, 1.807) is 0 Å². The lowest BCUT2D eigenvalue weighted by molar-refractivity contribution is 0.104. The zero-order valence-corrected chi connectivity index (χ0v) is 11.5. The number of carbonyl (C=O) groups is 1. The summed E-state index contributed by atoms with van der Waals surface area (Å²) < 4.78 is 0.987. The second kappa shape index (κ2) is 4.52. The molecule has 1 aromatic heterocycles. The van der Waals surface area contributed by atoms with E-state index in [4.69, 9.17) is 0 Å². The molecular weight excluding hydrogens is 284 g/mol. The molecule has 2 rings (SSSR count). The summed E-state index contributed by atoms with van der Waals surface area (Å²) in [7, 11) is 0. The van der Waals surface area contributed by atoms with Gasteiger partial charge in [0.25, 0.3) is 0 Å². The van der Waals surface area contributed by atoms with Crippen LogP contribution in [0.3, 0.4) is 0 Å². The van der Waals surface area contributed by atoms with E-state index in [0.717, 1.165) is 25.4 Å². The molecule has 0 N–H and O–H groups in total. The van der Waals surface area contributed by atoms with Crippen molar-refractivity contribution < 1.29 is 4.79 Å². The number of ketones is 1. The highest BCUT2D eigenvalue weighted by molar-refractivity contribution is 9.11. The molecule has 1 aromatic carbocycles. The Balaban J connectivity index is 2.45. The van der Waals surface area contributed by atoms with Crippen LogP contribution in [0, 0.1) is 13.8 Å². The normalized spacial score (nSPS) is 10.4. The van der Waals surface area contributed by atoms with Crippen molar-refractivity contribution in [3.8, 4) is 0 Å². The third kappa shape index (κ3) is 2.11. The molecule has 1 heterocycles. The molecule has 0 saturated carbocycles.